The van der Waals surface area contributed by atoms with Crippen molar-refractivity contribution in [1.82, 2.24) is 30.1 Å². The number of nitrogens with zero attached hydrogens (tertiary/aromatic N) is 5. The Kier molecular flexibility index (Phi) is 7.33. The van der Waals surface area contributed by atoms with Crippen LogP contribution >= 0.6 is 0 Å². The van der Waals surface area contributed by atoms with E-state index in [1.807, 2.05) is 35.9 Å². The first-order valence-corrected chi connectivity index (χ1v) is 12.2. The van der Waals surface area contributed by atoms with Gasteiger partial charge in [-0.15, -0.1) is 5.10 Å². The number of H-pyrrole nitrogens is 1. The Balaban J connectivity index is 1.71. The van der Waals surface area contributed by atoms with E-state index < -0.39 is 0 Å². The number of fused-ring (bicyclic) bond motifs is 1. The SMILES string of the molecule is CCOc1ccc2[nH]c(=O)c(CN(C[C@@H]3CCCO3)[C@@H](CC)c3nnnn3C(C)(C)C)cc2c1. The Labute approximate surface area is 200 Å². The smallest absolute Gasteiger partial charge is 0.252 e. The van der Waals surface area contributed by atoms with Crippen LogP contribution in [0.4, 0.5) is 0 Å². The number of pyridine rings is 1. The van der Waals surface area contributed by atoms with Gasteiger partial charge in [-0.05, 0) is 81.6 Å². The minimum Gasteiger partial charge on any atom is -0.494 e. The standard InChI is InChI=1S/C25H36N6O3/c1-6-22(23-27-28-29-31(23)25(3,4)5)30(16-20-9-8-12-34-20)15-18-13-17-14-19(33-7-2)10-11-21(17)26-24(18)32/h10-11,13-14,20,22H,6-9,12,15-16H2,1-5H3,(H,26,32)/t20-,22-/m0/s1. The molecule has 0 amide bonds. The van der Waals surface area contributed by atoms with Crippen LogP contribution in [0.15, 0.2) is 29.1 Å². The van der Waals surface area contributed by atoms with Crippen LogP contribution in [0.2, 0.25) is 0 Å². The van der Waals surface area contributed by atoms with E-state index in [0.29, 0.717) is 25.3 Å². The molecule has 2 aromatic heterocycles. The maximum Gasteiger partial charge on any atom is 0.252 e. The first-order valence-electron chi connectivity index (χ1n) is 12.2. The zero-order valence-corrected chi connectivity index (χ0v) is 20.9. The fourth-order valence-corrected chi connectivity index (χ4v) is 4.66. The van der Waals surface area contributed by atoms with Crippen molar-refractivity contribution < 1.29 is 9.47 Å². The van der Waals surface area contributed by atoms with E-state index in [4.69, 9.17) is 9.47 Å². The van der Waals surface area contributed by atoms with Crippen molar-refractivity contribution in [2.45, 2.75) is 78.1 Å². The molecule has 0 unspecified atom stereocenters. The Morgan fingerprint density at radius 3 is 2.79 bits per heavy atom. The first-order chi connectivity index (χ1) is 16.3. The minimum atomic E-state index is -0.252. The van der Waals surface area contributed by atoms with Crippen LogP contribution in [-0.4, -0.2) is 56.0 Å². The van der Waals surface area contributed by atoms with Crippen molar-refractivity contribution in [3.8, 4) is 5.75 Å². The third kappa shape index (κ3) is 5.31. The molecule has 3 heterocycles. The van der Waals surface area contributed by atoms with E-state index in [-0.39, 0.29) is 23.2 Å². The van der Waals surface area contributed by atoms with Crippen molar-refractivity contribution in [3.63, 3.8) is 0 Å². The molecule has 2 atom stereocenters. The van der Waals surface area contributed by atoms with Crippen molar-refractivity contribution in [2.24, 2.45) is 0 Å². The predicted octanol–water partition coefficient (Wildman–Crippen LogP) is 3.80. The summed E-state index contributed by atoms with van der Waals surface area (Å²) in [6.07, 6.45) is 3.02. The molecule has 1 fully saturated rings. The Hall–Kier alpha value is -2.78. The largest absolute Gasteiger partial charge is 0.494 e. The topological polar surface area (TPSA) is 98.2 Å². The van der Waals surface area contributed by atoms with Gasteiger partial charge in [0, 0.05) is 36.2 Å². The van der Waals surface area contributed by atoms with Crippen LogP contribution < -0.4 is 10.3 Å². The van der Waals surface area contributed by atoms with Crippen molar-refractivity contribution in [2.75, 3.05) is 19.8 Å². The van der Waals surface area contributed by atoms with Crippen LogP contribution in [0.1, 0.15) is 71.3 Å². The Morgan fingerprint density at radius 2 is 2.12 bits per heavy atom. The molecule has 9 nitrogen and oxygen atoms in total. The summed E-state index contributed by atoms with van der Waals surface area (Å²) < 4.78 is 13.5. The summed E-state index contributed by atoms with van der Waals surface area (Å²) in [5, 5.41) is 13.6. The summed E-state index contributed by atoms with van der Waals surface area (Å²) >= 11 is 0. The van der Waals surface area contributed by atoms with Crippen LogP contribution in [-0.2, 0) is 16.8 Å². The molecular formula is C25H36N6O3. The molecule has 0 saturated carbocycles. The molecule has 1 saturated heterocycles. The number of tetrazole rings is 1. The number of aromatic amines is 1. The van der Waals surface area contributed by atoms with Crippen LogP contribution in [0.25, 0.3) is 10.9 Å². The van der Waals surface area contributed by atoms with Crippen LogP contribution in [0, 0.1) is 0 Å². The van der Waals surface area contributed by atoms with Crippen molar-refractivity contribution in [1.29, 1.82) is 0 Å². The molecule has 184 valence electrons. The van der Waals surface area contributed by atoms with Gasteiger partial charge < -0.3 is 14.5 Å². The van der Waals surface area contributed by atoms with Crippen molar-refractivity contribution >= 4 is 10.9 Å². The Morgan fingerprint density at radius 1 is 1.29 bits per heavy atom. The van der Waals surface area contributed by atoms with Gasteiger partial charge in [0.05, 0.1) is 24.3 Å². The molecule has 0 spiro atoms. The number of hydrogen-bond donors (Lipinski definition) is 1. The second kappa shape index (κ2) is 10.2. The monoisotopic (exact) mass is 468 g/mol. The van der Waals surface area contributed by atoms with E-state index in [9.17, 15) is 4.79 Å². The Bertz CT molecular complexity index is 1160. The normalized spacial score (nSPS) is 17.5. The maximum atomic E-state index is 13.0. The number of benzene rings is 1. The summed E-state index contributed by atoms with van der Waals surface area (Å²) in [6, 6.07) is 7.66. The molecule has 4 rings (SSSR count). The van der Waals surface area contributed by atoms with Gasteiger partial charge >= 0.3 is 0 Å². The van der Waals surface area contributed by atoms with Gasteiger partial charge in [0.1, 0.15) is 5.75 Å². The van der Waals surface area contributed by atoms with Gasteiger partial charge in [0.15, 0.2) is 5.82 Å². The van der Waals surface area contributed by atoms with E-state index in [2.05, 4.69) is 53.1 Å². The third-order valence-electron chi connectivity index (χ3n) is 6.29. The lowest BCUT2D eigenvalue weighted by molar-refractivity contribution is 0.0478. The summed E-state index contributed by atoms with van der Waals surface area (Å²) in [6.45, 7) is 12.9. The minimum absolute atomic E-state index is 0.0525. The highest BCUT2D eigenvalue weighted by molar-refractivity contribution is 5.80. The second-order valence-corrected chi connectivity index (χ2v) is 9.91. The van der Waals surface area contributed by atoms with Gasteiger partial charge in [-0.1, -0.05) is 6.92 Å². The number of rotatable bonds is 9. The summed E-state index contributed by atoms with van der Waals surface area (Å²) in [7, 11) is 0. The highest BCUT2D eigenvalue weighted by atomic mass is 16.5. The van der Waals surface area contributed by atoms with Gasteiger partial charge in [-0.2, -0.15) is 0 Å². The summed E-state index contributed by atoms with van der Waals surface area (Å²) in [5.74, 6) is 1.60. The highest BCUT2D eigenvalue weighted by Gasteiger charge is 2.31. The average Bonchev–Trinajstić information content (AvgIpc) is 3.47. The lowest BCUT2D eigenvalue weighted by Crippen LogP contribution is -2.39. The number of nitrogens with one attached hydrogen (secondary N) is 1. The molecule has 1 aromatic carbocycles. The summed E-state index contributed by atoms with van der Waals surface area (Å²) in [5.41, 5.74) is 1.16. The first kappa shape index (κ1) is 24.3. The second-order valence-electron chi connectivity index (χ2n) is 9.91. The molecule has 1 N–H and O–H groups in total. The zero-order valence-electron chi connectivity index (χ0n) is 20.9. The van der Waals surface area contributed by atoms with Crippen LogP contribution in [0.5, 0.6) is 5.75 Å². The molecule has 0 aliphatic carbocycles. The summed E-state index contributed by atoms with van der Waals surface area (Å²) in [4.78, 5) is 18.4. The van der Waals surface area contributed by atoms with Gasteiger partial charge in [0.25, 0.3) is 5.56 Å². The maximum absolute atomic E-state index is 13.0. The van der Waals surface area contributed by atoms with Gasteiger partial charge in [0.2, 0.25) is 0 Å². The quantitative estimate of drug-likeness (QED) is 0.510. The highest BCUT2D eigenvalue weighted by Crippen LogP contribution is 2.29. The molecule has 1 aliphatic rings. The van der Waals surface area contributed by atoms with Crippen LogP contribution in [0.3, 0.4) is 0 Å². The van der Waals surface area contributed by atoms with Gasteiger partial charge in [-0.3, -0.25) is 9.69 Å². The van der Waals surface area contributed by atoms with E-state index >= 15 is 0 Å². The van der Waals surface area contributed by atoms with Crippen molar-refractivity contribution in [3.05, 3.63) is 46.0 Å². The average molecular weight is 469 g/mol. The number of aromatic nitrogens is 5. The predicted molar refractivity (Wildman–Crippen MR) is 131 cm³/mol. The lowest BCUT2D eigenvalue weighted by Gasteiger charge is -2.33. The van der Waals surface area contributed by atoms with E-state index in [1.165, 1.54) is 0 Å². The third-order valence-corrected chi connectivity index (χ3v) is 6.29. The molecule has 3 aromatic rings. The number of hydrogen-bond acceptors (Lipinski definition) is 7. The fraction of sp³-hybridized carbons (Fsp3) is 0.600. The van der Waals surface area contributed by atoms with Gasteiger partial charge in [-0.25, -0.2) is 4.68 Å². The number of ether oxygens (including phenoxy) is 2. The molecule has 9 heteroatoms. The van der Waals surface area contributed by atoms with E-state index in [0.717, 1.165) is 48.3 Å². The zero-order chi connectivity index (χ0) is 24.3. The van der Waals surface area contributed by atoms with E-state index in [1.54, 1.807) is 0 Å². The molecular weight excluding hydrogens is 432 g/mol. The lowest BCUT2D eigenvalue weighted by atomic mass is 10.1. The fourth-order valence-electron chi connectivity index (χ4n) is 4.66. The molecule has 0 radical (unpaired) electrons. The molecule has 0 bridgehead atoms. The molecule has 34 heavy (non-hydrogen) atoms. The molecule has 1 aliphatic heterocycles.